The third-order valence-electron chi connectivity index (χ3n) is 2.18. The van der Waals surface area contributed by atoms with E-state index in [-0.39, 0.29) is 11.4 Å². The van der Waals surface area contributed by atoms with Crippen molar-refractivity contribution in [2.45, 2.75) is 12.5 Å². The van der Waals surface area contributed by atoms with Crippen LogP contribution < -0.4 is 5.32 Å². The number of hydrogen-bond acceptors (Lipinski definition) is 5. The van der Waals surface area contributed by atoms with Crippen LogP contribution in [-0.4, -0.2) is 55.9 Å². The fraction of sp³-hybridized carbons (Fsp3) is 0.444. The summed E-state index contributed by atoms with van der Waals surface area (Å²) >= 11 is 0. The lowest BCUT2D eigenvalue weighted by Gasteiger charge is -2.25. The van der Waals surface area contributed by atoms with Gasteiger partial charge >= 0.3 is 5.97 Å². The molecule has 0 aliphatic carbocycles. The molecule has 1 rings (SSSR count). The Balaban J connectivity index is 2.90. The second-order valence-electron chi connectivity index (χ2n) is 3.76. The lowest BCUT2D eigenvalue weighted by atomic mass is 10.1. The minimum Gasteiger partial charge on any atom is -0.477 e. The van der Waals surface area contributed by atoms with Crippen molar-refractivity contribution < 1.29 is 24.9 Å². The maximum absolute atomic E-state index is 11.7. The van der Waals surface area contributed by atoms with Crippen LogP contribution in [0.25, 0.3) is 0 Å². The first-order valence-electron chi connectivity index (χ1n) is 4.74. The molecule has 0 fully saturated rings. The monoisotopic (exact) mass is 243 g/mol. The third kappa shape index (κ3) is 2.80. The van der Waals surface area contributed by atoms with Crippen molar-refractivity contribution in [2.75, 3.05) is 13.2 Å². The number of aromatic carboxylic acids is 1. The summed E-state index contributed by atoms with van der Waals surface area (Å²) in [5.74, 6) is -2.10. The number of aromatic nitrogens is 2. The van der Waals surface area contributed by atoms with Crippen molar-refractivity contribution in [1.82, 2.24) is 15.3 Å². The average Bonchev–Trinajstić information content (AvgIpc) is 2.77. The van der Waals surface area contributed by atoms with E-state index < -0.39 is 30.6 Å². The van der Waals surface area contributed by atoms with Gasteiger partial charge in [-0.1, -0.05) is 0 Å². The van der Waals surface area contributed by atoms with Crippen LogP contribution in [0.5, 0.6) is 0 Å². The number of carbonyl (C=O) groups is 2. The average molecular weight is 243 g/mol. The molecule has 94 valence electrons. The molecule has 0 unspecified atom stereocenters. The number of carboxylic acids is 1. The van der Waals surface area contributed by atoms with Gasteiger partial charge in [0.15, 0.2) is 11.4 Å². The zero-order valence-corrected chi connectivity index (χ0v) is 9.10. The number of carboxylic acid groups (broad SMARTS) is 1. The summed E-state index contributed by atoms with van der Waals surface area (Å²) in [6.07, 6.45) is 1.08. The predicted molar refractivity (Wildman–Crippen MR) is 55.6 cm³/mol. The van der Waals surface area contributed by atoms with E-state index in [0.717, 1.165) is 6.33 Å². The minimum absolute atomic E-state index is 0.300. The highest BCUT2D eigenvalue weighted by Crippen LogP contribution is 2.07. The van der Waals surface area contributed by atoms with Crippen molar-refractivity contribution in [3.05, 3.63) is 17.7 Å². The molecule has 1 amide bonds. The second kappa shape index (κ2) is 4.93. The van der Waals surface area contributed by atoms with Crippen molar-refractivity contribution in [2.24, 2.45) is 0 Å². The van der Waals surface area contributed by atoms with E-state index in [1.54, 1.807) is 0 Å². The highest BCUT2D eigenvalue weighted by Gasteiger charge is 2.28. The molecule has 0 aliphatic rings. The van der Waals surface area contributed by atoms with Gasteiger partial charge in [-0.3, -0.25) is 4.79 Å². The number of amides is 1. The maximum Gasteiger partial charge on any atom is 0.354 e. The summed E-state index contributed by atoms with van der Waals surface area (Å²) < 4.78 is 0. The summed E-state index contributed by atoms with van der Waals surface area (Å²) in [5, 5.41) is 29.1. The fourth-order valence-corrected chi connectivity index (χ4v) is 1.09. The summed E-state index contributed by atoms with van der Waals surface area (Å²) in [6, 6.07) is 0. The fourth-order valence-electron chi connectivity index (χ4n) is 1.09. The maximum atomic E-state index is 11.7. The zero-order valence-electron chi connectivity index (χ0n) is 9.10. The van der Waals surface area contributed by atoms with Crippen molar-refractivity contribution in [3.8, 4) is 0 Å². The summed E-state index contributed by atoms with van der Waals surface area (Å²) in [5.41, 5.74) is -1.88. The molecule has 8 heteroatoms. The molecule has 1 heterocycles. The van der Waals surface area contributed by atoms with E-state index >= 15 is 0 Å². The SMILES string of the molecule is CC(CO)(CO)NC(=O)c1nc[nH]c1C(=O)O. The normalized spacial score (nSPS) is 11.2. The quantitative estimate of drug-likeness (QED) is 0.430. The van der Waals surface area contributed by atoms with E-state index in [1.165, 1.54) is 6.92 Å². The van der Waals surface area contributed by atoms with Crippen LogP contribution in [0.15, 0.2) is 6.33 Å². The van der Waals surface area contributed by atoms with Crippen LogP contribution in [0.3, 0.4) is 0 Å². The molecule has 0 spiro atoms. The Morgan fingerprint density at radius 3 is 2.53 bits per heavy atom. The Morgan fingerprint density at radius 1 is 1.47 bits per heavy atom. The third-order valence-corrected chi connectivity index (χ3v) is 2.18. The van der Waals surface area contributed by atoms with Crippen molar-refractivity contribution >= 4 is 11.9 Å². The molecule has 0 saturated heterocycles. The molecule has 1 aromatic rings. The summed E-state index contributed by atoms with van der Waals surface area (Å²) in [7, 11) is 0. The number of rotatable bonds is 5. The van der Waals surface area contributed by atoms with Gasteiger partial charge in [-0.25, -0.2) is 9.78 Å². The lowest BCUT2D eigenvalue weighted by molar-refractivity contribution is 0.0667. The highest BCUT2D eigenvalue weighted by molar-refractivity contribution is 6.02. The highest BCUT2D eigenvalue weighted by atomic mass is 16.4. The van der Waals surface area contributed by atoms with E-state index in [2.05, 4.69) is 15.3 Å². The Kier molecular flexibility index (Phi) is 3.81. The number of imidazole rings is 1. The lowest BCUT2D eigenvalue weighted by Crippen LogP contribution is -2.52. The number of aromatic amines is 1. The summed E-state index contributed by atoms with van der Waals surface area (Å²) in [6.45, 7) is 0.447. The van der Waals surface area contributed by atoms with Crippen LogP contribution in [0, 0.1) is 0 Å². The largest absolute Gasteiger partial charge is 0.477 e. The molecule has 17 heavy (non-hydrogen) atoms. The minimum atomic E-state index is -1.32. The van der Waals surface area contributed by atoms with Gasteiger partial charge in [0.1, 0.15) is 0 Å². The predicted octanol–water partition coefficient (Wildman–Crippen LogP) is -1.42. The van der Waals surface area contributed by atoms with Gasteiger partial charge < -0.3 is 25.6 Å². The van der Waals surface area contributed by atoms with E-state index in [0.29, 0.717) is 0 Å². The number of aliphatic hydroxyl groups excluding tert-OH is 2. The molecule has 0 aliphatic heterocycles. The van der Waals surface area contributed by atoms with Crippen molar-refractivity contribution in [1.29, 1.82) is 0 Å². The van der Waals surface area contributed by atoms with Crippen LogP contribution in [0.2, 0.25) is 0 Å². The van der Waals surface area contributed by atoms with Gasteiger partial charge in [0.2, 0.25) is 0 Å². The zero-order chi connectivity index (χ0) is 13.1. The smallest absolute Gasteiger partial charge is 0.354 e. The second-order valence-corrected chi connectivity index (χ2v) is 3.76. The van der Waals surface area contributed by atoms with Gasteiger partial charge in [-0.2, -0.15) is 0 Å². The number of nitrogens with one attached hydrogen (secondary N) is 2. The molecule has 0 atom stereocenters. The number of hydrogen-bond donors (Lipinski definition) is 5. The molecular weight excluding hydrogens is 230 g/mol. The van der Waals surface area contributed by atoms with E-state index in [1.807, 2.05) is 0 Å². The standard InChI is InChI=1S/C9H13N3O5/c1-9(2-13,3-14)12-7(15)5-6(8(16)17)11-4-10-5/h4,13-14H,2-3H2,1H3,(H,10,11)(H,12,15)(H,16,17). The molecule has 0 radical (unpaired) electrons. The number of carbonyl (C=O) groups excluding carboxylic acids is 1. The van der Waals surface area contributed by atoms with Crippen molar-refractivity contribution in [3.63, 3.8) is 0 Å². The van der Waals surface area contributed by atoms with Crippen LogP contribution >= 0.6 is 0 Å². The Morgan fingerprint density at radius 2 is 2.06 bits per heavy atom. The van der Waals surface area contributed by atoms with Gasteiger partial charge in [-0.15, -0.1) is 0 Å². The Labute approximate surface area is 96.3 Å². The molecule has 0 bridgehead atoms. The van der Waals surface area contributed by atoms with Crippen LogP contribution in [0.4, 0.5) is 0 Å². The van der Waals surface area contributed by atoms with Gasteiger partial charge in [0.25, 0.3) is 5.91 Å². The van der Waals surface area contributed by atoms with Crippen LogP contribution in [-0.2, 0) is 0 Å². The molecule has 8 nitrogen and oxygen atoms in total. The van der Waals surface area contributed by atoms with Gasteiger partial charge in [-0.05, 0) is 6.92 Å². The summed E-state index contributed by atoms with van der Waals surface area (Å²) in [4.78, 5) is 28.3. The number of nitrogens with zero attached hydrogens (tertiary/aromatic N) is 1. The number of H-pyrrole nitrogens is 1. The molecule has 5 N–H and O–H groups in total. The van der Waals surface area contributed by atoms with Gasteiger partial charge in [0, 0.05) is 0 Å². The Hall–Kier alpha value is -1.93. The van der Waals surface area contributed by atoms with Gasteiger partial charge in [0.05, 0.1) is 25.1 Å². The Bertz CT molecular complexity index is 424. The molecule has 1 aromatic heterocycles. The first-order chi connectivity index (χ1) is 7.93. The van der Waals surface area contributed by atoms with E-state index in [4.69, 9.17) is 15.3 Å². The molecule has 0 aromatic carbocycles. The first-order valence-corrected chi connectivity index (χ1v) is 4.74. The van der Waals surface area contributed by atoms with E-state index in [9.17, 15) is 9.59 Å². The first kappa shape index (κ1) is 13.1. The molecule has 0 saturated carbocycles. The number of aliphatic hydroxyl groups is 2. The van der Waals surface area contributed by atoms with Crippen LogP contribution in [0.1, 0.15) is 27.9 Å². The topological polar surface area (TPSA) is 136 Å². The molecular formula is C9H13N3O5.